The number of hydrogen-bond acceptors (Lipinski definition) is 6. The fraction of sp³-hybridized carbons (Fsp3) is 0.476. The Kier molecular flexibility index (Phi) is 6.18. The van der Waals surface area contributed by atoms with Crippen molar-refractivity contribution < 1.29 is 4.74 Å². The number of methoxy groups -OCH3 is 1. The number of para-hydroxylation sites is 1. The van der Waals surface area contributed by atoms with Crippen LogP contribution in [-0.2, 0) is 11.2 Å². The van der Waals surface area contributed by atoms with Gasteiger partial charge in [-0.3, -0.25) is 0 Å². The van der Waals surface area contributed by atoms with Crippen molar-refractivity contribution in [2.45, 2.75) is 41.3 Å². The normalized spacial score (nSPS) is 19.3. The molecule has 4 nitrogen and oxygen atoms in total. The third kappa shape index (κ3) is 4.24. The third-order valence-corrected chi connectivity index (χ3v) is 7.47. The van der Waals surface area contributed by atoms with Gasteiger partial charge in [0, 0.05) is 54.7 Å². The van der Waals surface area contributed by atoms with Gasteiger partial charge in [-0.15, -0.1) is 11.3 Å². The van der Waals surface area contributed by atoms with Crippen LogP contribution in [0.4, 0.5) is 5.69 Å². The first-order chi connectivity index (χ1) is 13.3. The number of benzene rings is 1. The number of aliphatic imine (C=N–C) groups is 1. The van der Waals surface area contributed by atoms with Crippen LogP contribution in [0.1, 0.15) is 30.2 Å². The van der Waals surface area contributed by atoms with E-state index < -0.39 is 0 Å². The van der Waals surface area contributed by atoms with Gasteiger partial charge in [-0.25, -0.2) is 4.99 Å². The van der Waals surface area contributed by atoms with Crippen molar-refractivity contribution in [1.82, 2.24) is 10.2 Å². The molecule has 0 saturated carbocycles. The molecule has 6 heteroatoms. The first kappa shape index (κ1) is 19.0. The molecule has 0 amide bonds. The average molecular weight is 402 g/mol. The number of piperazine rings is 1. The number of fused-ring (bicyclic) bond motifs is 2. The average Bonchev–Trinajstić information content (AvgIpc) is 3.01. The second kappa shape index (κ2) is 8.78. The zero-order valence-electron chi connectivity index (χ0n) is 16.0. The van der Waals surface area contributed by atoms with Gasteiger partial charge in [0.2, 0.25) is 0 Å². The van der Waals surface area contributed by atoms with Gasteiger partial charge < -0.3 is 15.0 Å². The number of thiophene rings is 1. The molecule has 1 aromatic carbocycles. The van der Waals surface area contributed by atoms with Gasteiger partial charge in [0.05, 0.1) is 9.90 Å². The molecule has 0 unspecified atom stereocenters. The summed E-state index contributed by atoms with van der Waals surface area (Å²) in [5.74, 6) is 1.14. The van der Waals surface area contributed by atoms with E-state index in [1.54, 1.807) is 7.11 Å². The van der Waals surface area contributed by atoms with Crippen LogP contribution < -0.4 is 5.32 Å². The second-order valence-electron chi connectivity index (χ2n) is 7.05. The maximum absolute atomic E-state index is 5.29. The van der Waals surface area contributed by atoms with Crippen LogP contribution in [0.15, 0.2) is 44.4 Å². The summed E-state index contributed by atoms with van der Waals surface area (Å²) in [6, 6.07) is 11.3. The summed E-state index contributed by atoms with van der Waals surface area (Å²) in [5.41, 5.74) is 2.40. The molecule has 144 valence electrons. The van der Waals surface area contributed by atoms with E-state index in [1.165, 1.54) is 26.0 Å². The molecule has 1 fully saturated rings. The molecule has 1 saturated heterocycles. The topological polar surface area (TPSA) is 36.9 Å². The van der Waals surface area contributed by atoms with E-state index in [-0.39, 0.29) is 0 Å². The van der Waals surface area contributed by atoms with Crippen molar-refractivity contribution in [3.05, 3.63) is 40.8 Å². The van der Waals surface area contributed by atoms with Crippen LogP contribution in [-0.4, -0.2) is 50.1 Å². The van der Waals surface area contributed by atoms with Crippen LogP contribution in [0.25, 0.3) is 0 Å². The molecule has 0 radical (unpaired) electrons. The summed E-state index contributed by atoms with van der Waals surface area (Å²) in [4.78, 5) is 10.4. The van der Waals surface area contributed by atoms with E-state index in [0.29, 0.717) is 6.04 Å². The van der Waals surface area contributed by atoms with E-state index in [9.17, 15) is 0 Å². The molecule has 0 bridgehead atoms. The maximum Gasteiger partial charge on any atom is 0.138 e. The van der Waals surface area contributed by atoms with Gasteiger partial charge in [-0.05, 0) is 31.0 Å². The third-order valence-electron chi connectivity index (χ3n) is 5.01. The van der Waals surface area contributed by atoms with Gasteiger partial charge in [0.1, 0.15) is 5.84 Å². The Morgan fingerprint density at radius 2 is 2.22 bits per heavy atom. The molecule has 3 heterocycles. The lowest BCUT2D eigenvalue weighted by Gasteiger charge is -2.35. The van der Waals surface area contributed by atoms with Crippen molar-refractivity contribution in [2.24, 2.45) is 4.99 Å². The molecule has 27 heavy (non-hydrogen) atoms. The summed E-state index contributed by atoms with van der Waals surface area (Å²) < 4.78 is 6.67. The lowest BCUT2D eigenvalue weighted by atomic mass is 10.1. The highest BCUT2D eigenvalue weighted by atomic mass is 32.2. The molecule has 1 atom stereocenters. The van der Waals surface area contributed by atoms with Crippen molar-refractivity contribution in [3.63, 3.8) is 0 Å². The van der Waals surface area contributed by atoms with Gasteiger partial charge in [0.25, 0.3) is 0 Å². The Morgan fingerprint density at radius 1 is 1.33 bits per heavy atom. The predicted octanol–water partition coefficient (Wildman–Crippen LogP) is 4.55. The summed E-state index contributed by atoms with van der Waals surface area (Å²) in [5, 5.41) is 3.63. The summed E-state index contributed by atoms with van der Waals surface area (Å²) in [6.07, 6.45) is 3.36. The summed E-state index contributed by atoms with van der Waals surface area (Å²) in [7, 11) is 1.77. The Morgan fingerprint density at radius 3 is 3.07 bits per heavy atom. The molecule has 2 aliphatic heterocycles. The van der Waals surface area contributed by atoms with Crippen molar-refractivity contribution in [3.8, 4) is 0 Å². The van der Waals surface area contributed by atoms with Gasteiger partial charge in [0.15, 0.2) is 0 Å². The lowest BCUT2D eigenvalue weighted by Crippen LogP contribution is -2.53. The minimum Gasteiger partial charge on any atom is -0.385 e. The van der Waals surface area contributed by atoms with Gasteiger partial charge in [-0.2, -0.15) is 0 Å². The highest BCUT2D eigenvalue weighted by Crippen LogP contribution is 2.44. The quantitative estimate of drug-likeness (QED) is 0.797. The minimum absolute atomic E-state index is 0.449. The molecule has 4 rings (SSSR count). The zero-order valence-corrected chi connectivity index (χ0v) is 17.7. The molecule has 1 N–H and O–H groups in total. The number of amidine groups is 1. The highest BCUT2D eigenvalue weighted by molar-refractivity contribution is 8.01. The molecule has 1 aromatic heterocycles. The molecular formula is C21H27N3OS2. The molecule has 2 aliphatic rings. The van der Waals surface area contributed by atoms with E-state index >= 15 is 0 Å². The number of ether oxygens (including phenoxy) is 1. The van der Waals surface area contributed by atoms with Crippen LogP contribution in [0, 0.1) is 0 Å². The van der Waals surface area contributed by atoms with E-state index in [4.69, 9.17) is 9.73 Å². The van der Waals surface area contributed by atoms with Crippen molar-refractivity contribution in [2.75, 3.05) is 33.4 Å². The van der Waals surface area contributed by atoms with Crippen molar-refractivity contribution in [1.29, 1.82) is 0 Å². The standard InChI is InChI=1S/C21H27N3OS2/c1-3-6-16-13-17-20(24-11-10-22-15(14-24)9-12-25-2)23-18-7-4-5-8-19(18)27-21(17)26-16/h4-5,7-8,13,15,22H,3,6,9-12,14H2,1-2H3/t15-/m0/s1. The fourth-order valence-electron chi connectivity index (χ4n) is 3.65. The van der Waals surface area contributed by atoms with Gasteiger partial charge >= 0.3 is 0 Å². The fourth-order valence-corrected chi connectivity index (χ4v) is 6.21. The Labute approximate surface area is 170 Å². The number of rotatable bonds is 5. The first-order valence-corrected chi connectivity index (χ1v) is 11.4. The number of hydrogen-bond donors (Lipinski definition) is 1. The largest absolute Gasteiger partial charge is 0.385 e. The minimum atomic E-state index is 0.449. The molecular weight excluding hydrogens is 374 g/mol. The van der Waals surface area contributed by atoms with E-state index in [1.807, 2.05) is 23.1 Å². The predicted molar refractivity (Wildman–Crippen MR) is 115 cm³/mol. The van der Waals surface area contributed by atoms with Crippen molar-refractivity contribution >= 4 is 34.6 Å². The maximum atomic E-state index is 5.29. The zero-order chi connectivity index (χ0) is 18.6. The van der Waals surface area contributed by atoms with Crippen LogP contribution >= 0.6 is 23.1 Å². The Bertz CT molecular complexity index is 818. The summed E-state index contributed by atoms with van der Waals surface area (Å²) >= 11 is 3.81. The number of nitrogens with zero attached hydrogens (tertiary/aromatic N) is 2. The van der Waals surface area contributed by atoms with Crippen LogP contribution in [0.2, 0.25) is 0 Å². The molecule has 0 spiro atoms. The van der Waals surface area contributed by atoms with Gasteiger partial charge in [-0.1, -0.05) is 37.2 Å². The summed E-state index contributed by atoms with van der Waals surface area (Å²) in [6.45, 7) is 6.00. The Balaban J connectivity index is 1.69. The van der Waals surface area contributed by atoms with Crippen LogP contribution in [0.5, 0.6) is 0 Å². The SMILES string of the molecule is CCCc1cc2c(s1)Sc1ccccc1N=C2N1CCN[C@@H](CCOC)C1. The van der Waals surface area contributed by atoms with E-state index in [0.717, 1.165) is 50.6 Å². The second-order valence-corrected chi connectivity index (χ2v) is 9.49. The van der Waals surface area contributed by atoms with E-state index in [2.05, 4.69) is 47.5 Å². The molecule has 2 aromatic rings. The monoisotopic (exact) mass is 401 g/mol. The number of nitrogens with one attached hydrogen (secondary N) is 1. The van der Waals surface area contributed by atoms with Crippen LogP contribution in [0.3, 0.4) is 0 Å². The molecule has 0 aliphatic carbocycles. The smallest absolute Gasteiger partial charge is 0.138 e. The lowest BCUT2D eigenvalue weighted by molar-refractivity contribution is 0.168. The number of aryl methyl sites for hydroxylation is 1. The first-order valence-electron chi connectivity index (χ1n) is 9.74. The Hall–Kier alpha value is -1.34. The highest BCUT2D eigenvalue weighted by Gasteiger charge is 2.28.